The molecule has 204 valence electrons. The second kappa shape index (κ2) is 12.9. The number of hydrogen-bond donors (Lipinski definition) is 1. The Morgan fingerprint density at radius 1 is 1.03 bits per heavy atom. The molecule has 1 N–H and O–H groups in total. The number of alkyl halides is 3. The smallest absolute Gasteiger partial charge is 0.352 e. The Bertz CT molecular complexity index is 1160. The molecule has 1 unspecified atom stereocenters. The van der Waals surface area contributed by atoms with Gasteiger partial charge < -0.3 is 10.2 Å². The predicted molar refractivity (Wildman–Crippen MR) is 137 cm³/mol. The maximum atomic E-state index is 13.3. The van der Waals surface area contributed by atoms with Crippen LogP contribution in [0.3, 0.4) is 0 Å². The Kier molecular flexibility index (Phi) is 10.5. The summed E-state index contributed by atoms with van der Waals surface area (Å²) < 4.78 is 65.1. The molecule has 0 radical (unpaired) electrons. The molecule has 37 heavy (non-hydrogen) atoms. The van der Waals surface area contributed by atoms with Gasteiger partial charge in [-0.15, -0.1) is 0 Å². The van der Waals surface area contributed by atoms with Gasteiger partial charge in [0.1, 0.15) is 6.04 Å². The van der Waals surface area contributed by atoms with Crippen molar-refractivity contribution in [3.63, 3.8) is 0 Å². The van der Waals surface area contributed by atoms with Gasteiger partial charge in [-0.3, -0.25) is 13.9 Å². The van der Waals surface area contributed by atoms with Gasteiger partial charge >= 0.3 is 6.18 Å². The Morgan fingerprint density at radius 3 is 2.22 bits per heavy atom. The van der Waals surface area contributed by atoms with E-state index in [1.807, 2.05) is 44.2 Å². The molecule has 11 heteroatoms. The molecule has 7 nitrogen and oxygen atoms in total. The molecule has 2 amide bonds. The third-order valence-corrected chi connectivity index (χ3v) is 6.82. The Labute approximate surface area is 216 Å². The van der Waals surface area contributed by atoms with Crippen LogP contribution in [-0.2, 0) is 32.3 Å². The lowest BCUT2D eigenvalue weighted by Crippen LogP contribution is -2.50. The fraction of sp³-hybridized carbons (Fsp3) is 0.462. The monoisotopic (exact) mass is 541 g/mol. The summed E-state index contributed by atoms with van der Waals surface area (Å²) >= 11 is 0. The molecule has 0 aliphatic rings. The van der Waals surface area contributed by atoms with Gasteiger partial charge in [0.25, 0.3) is 0 Å². The summed E-state index contributed by atoms with van der Waals surface area (Å²) in [7, 11) is -3.92. The van der Waals surface area contributed by atoms with Gasteiger partial charge in [0.15, 0.2) is 0 Å². The number of carbonyl (C=O) groups excluding carboxylic acids is 2. The summed E-state index contributed by atoms with van der Waals surface area (Å²) in [6.45, 7) is 5.44. The Balaban J connectivity index is 2.23. The van der Waals surface area contributed by atoms with Gasteiger partial charge in [-0.05, 0) is 50.5 Å². The fourth-order valence-corrected chi connectivity index (χ4v) is 4.88. The van der Waals surface area contributed by atoms with E-state index >= 15 is 0 Å². The largest absolute Gasteiger partial charge is 0.416 e. The number of amides is 2. The van der Waals surface area contributed by atoms with Crippen molar-refractivity contribution < 1.29 is 31.2 Å². The predicted octanol–water partition coefficient (Wildman–Crippen LogP) is 4.58. The van der Waals surface area contributed by atoms with Crippen molar-refractivity contribution >= 4 is 27.5 Å². The average Bonchev–Trinajstić information content (AvgIpc) is 2.80. The zero-order valence-corrected chi connectivity index (χ0v) is 22.3. The number of sulfonamides is 1. The van der Waals surface area contributed by atoms with E-state index in [0.29, 0.717) is 6.42 Å². The van der Waals surface area contributed by atoms with Crippen molar-refractivity contribution in [2.45, 2.75) is 64.8 Å². The van der Waals surface area contributed by atoms with E-state index in [1.165, 1.54) is 11.0 Å². The minimum Gasteiger partial charge on any atom is -0.352 e. The molecule has 0 aliphatic carbocycles. The number of halogens is 3. The van der Waals surface area contributed by atoms with E-state index < -0.39 is 27.8 Å². The molecule has 0 saturated carbocycles. The Hall–Kier alpha value is -3.08. The van der Waals surface area contributed by atoms with Crippen LogP contribution in [0.1, 0.15) is 51.2 Å². The molecule has 0 saturated heterocycles. The first-order chi connectivity index (χ1) is 17.2. The topological polar surface area (TPSA) is 86.8 Å². The second-order valence-corrected chi connectivity index (χ2v) is 11.0. The normalized spacial score (nSPS) is 12.8. The molecule has 2 aromatic rings. The van der Waals surface area contributed by atoms with Gasteiger partial charge in [-0.25, -0.2) is 8.42 Å². The highest BCUT2D eigenvalue weighted by molar-refractivity contribution is 7.92. The van der Waals surface area contributed by atoms with E-state index in [2.05, 4.69) is 5.32 Å². The van der Waals surface area contributed by atoms with Crippen molar-refractivity contribution in [1.82, 2.24) is 10.2 Å². The molecule has 0 aromatic heterocycles. The van der Waals surface area contributed by atoms with Crippen LogP contribution in [0.15, 0.2) is 54.6 Å². The van der Waals surface area contributed by atoms with Crippen LogP contribution in [0.2, 0.25) is 0 Å². The first-order valence-electron chi connectivity index (χ1n) is 12.0. The third kappa shape index (κ3) is 9.07. The zero-order valence-electron chi connectivity index (χ0n) is 21.5. The molecule has 0 heterocycles. The summed E-state index contributed by atoms with van der Waals surface area (Å²) in [5.74, 6) is -0.643. The number of rotatable bonds is 12. The molecule has 0 fully saturated rings. The van der Waals surface area contributed by atoms with Crippen molar-refractivity contribution in [3.8, 4) is 0 Å². The highest BCUT2D eigenvalue weighted by atomic mass is 32.2. The fourth-order valence-electron chi connectivity index (χ4n) is 3.92. The summed E-state index contributed by atoms with van der Waals surface area (Å²) in [5.41, 5.74) is -0.271. The van der Waals surface area contributed by atoms with Crippen LogP contribution in [-0.4, -0.2) is 50.0 Å². The Morgan fingerprint density at radius 2 is 1.68 bits per heavy atom. The van der Waals surface area contributed by atoms with Crippen LogP contribution in [0.4, 0.5) is 18.9 Å². The number of hydrogen-bond acceptors (Lipinski definition) is 4. The standard InChI is InChI=1S/C26H34F3N3O4S/c1-5-23(25(34)30-19(2)3)31(18-20-11-7-6-8-12-20)24(33)15-10-16-32(37(4,35)36)22-14-9-13-21(17-22)26(27,28)29/h6-9,11-14,17,19,23H,5,10,15-16,18H2,1-4H3,(H,30,34). The molecular weight excluding hydrogens is 507 g/mol. The van der Waals surface area contributed by atoms with Gasteiger partial charge in [0.05, 0.1) is 17.5 Å². The third-order valence-electron chi connectivity index (χ3n) is 5.63. The summed E-state index contributed by atoms with van der Waals surface area (Å²) in [4.78, 5) is 27.6. The van der Waals surface area contributed by atoms with E-state index in [4.69, 9.17) is 0 Å². The SMILES string of the molecule is CCC(C(=O)NC(C)C)N(Cc1ccccc1)C(=O)CCCN(c1cccc(C(F)(F)F)c1)S(C)(=O)=O. The van der Waals surface area contributed by atoms with E-state index in [-0.39, 0.29) is 49.5 Å². The lowest BCUT2D eigenvalue weighted by atomic mass is 10.1. The quantitative estimate of drug-likeness (QED) is 0.426. The van der Waals surface area contributed by atoms with Crippen molar-refractivity contribution in [1.29, 1.82) is 0 Å². The van der Waals surface area contributed by atoms with E-state index in [9.17, 15) is 31.2 Å². The molecule has 2 aromatic carbocycles. The number of benzene rings is 2. The zero-order chi connectivity index (χ0) is 27.8. The molecule has 0 spiro atoms. The summed E-state index contributed by atoms with van der Waals surface area (Å²) in [5, 5.41) is 2.84. The molecular formula is C26H34F3N3O4S. The number of nitrogens with zero attached hydrogens (tertiary/aromatic N) is 2. The summed E-state index contributed by atoms with van der Waals surface area (Å²) in [6.07, 6.45) is -3.39. The first-order valence-corrected chi connectivity index (χ1v) is 13.9. The lowest BCUT2D eigenvalue weighted by Gasteiger charge is -2.31. The molecule has 0 aliphatic heterocycles. The number of nitrogens with one attached hydrogen (secondary N) is 1. The van der Waals surface area contributed by atoms with Crippen LogP contribution in [0, 0.1) is 0 Å². The minimum absolute atomic E-state index is 0.0513. The van der Waals surface area contributed by atoms with Crippen molar-refractivity contribution in [2.24, 2.45) is 0 Å². The molecule has 2 rings (SSSR count). The summed E-state index contributed by atoms with van der Waals surface area (Å²) in [6, 6.07) is 12.4. The van der Waals surface area contributed by atoms with Crippen LogP contribution < -0.4 is 9.62 Å². The maximum Gasteiger partial charge on any atom is 0.416 e. The number of anilines is 1. The highest BCUT2D eigenvalue weighted by Gasteiger charge is 2.32. The second-order valence-electron chi connectivity index (χ2n) is 9.08. The maximum absolute atomic E-state index is 13.3. The van der Waals surface area contributed by atoms with Crippen molar-refractivity contribution in [3.05, 3.63) is 65.7 Å². The van der Waals surface area contributed by atoms with Crippen LogP contribution >= 0.6 is 0 Å². The van der Waals surface area contributed by atoms with Gasteiger partial charge in [-0.2, -0.15) is 13.2 Å². The van der Waals surface area contributed by atoms with Crippen LogP contribution in [0.25, 0.3) is 0 Å². The highest BCUT2D eigenvalue weighted by Crippen LogP contribution is 2.32. The van der Waals surface area contributed by atoms with E-state index in [1.54, 1.807) is 6.92 Å². The van der Waals surface area contributed by atoms with E-state index in [0.717, 1.165) is 34.3 Å². The van der Waals surface area contributed by atoms with Crippen LogP contribution in [0.5, 0.6) is 0 Å². The van der Waals surface area contributed by atoms with Gasteiger partial charge in [0, 0.05) is 25.6 Å². The first kappa shape index (κ1) is 30.1. The molecule has 1 atom stereocenters. The van der Waals surface area contributed by atoms with Gasteiger partial charge in [0.2, 0.25) is 21.8 Å². The number of carbonyl (C=O) groups is 2. The lowest BCUT2D eigenvalue weighted by molar-refractivity contribution is -0.141. The van der Waals surface area contributed by atoms with Crippen molar-refractivity contribution in [2.75, 3.05) is 17.1 Å². The van der Waals surface area contributed by atoms with Gasteiger partial charge in [-0.1, -0.05) is 43.3 Å². The minimum atomic E-state index is -4.63. The molecule has 0 bridgehead atoms. The average molecular weight is 542 g/mol.